The minimum absolute atomic E-state index is 0.997. The quantitative estimate of drug-likeness (QED) is 0.494. The van der Waals surface area contributed by atoms with Gasteiger partial charge in [-0.15, -0.1) is 0 Å². The summed E-state index contributed by atoms with van der Waals surface area (Å²) in [4.78, 5) is 0. The summed E-state index contributed by atoms with van der Waals surface area (Å²) in [5, 5.41) is 0. The van der Waals surface area contributed by atoms with Gasteiger partial charge in [0.2, 0.25) is 0 Å². The van der Waals surface area contributed by atoms with Gasteiger partial charge in [0.15, 0.2) is 0 Å². The molecule has 0 amide bonds. The number of rotatable bonds is 1. The van der Waals surface area contributed by atoms with E-state index in [0.29, 0.717) is 0 Å². The number of benzene rings is 2. The molecule has 0 unspecified atom stereocenters. The van der Waals surface area contributed by atoms with Crippen molar-refractivity contribution in [3.8, 4) is 11.1 Å². The highest BCUT2D eigenvalue weighted by molar-refractivity contribution is 14.1. The van der Waals surface area contributed by atoms with E-state index in [0.717, 1.165) is 4.47 Å². The van der Waals surface area contributed by atoms with Crippen LogP contribution in [0.2, 0.25) is 0 Å². The highest BCUT2D eigenvalue weighted by Gasteiger charge is 2.03. The van der Waals surface area contributed by atoms with E-state index in [-0.39, 0.29) is 0 Å². The minimum Gasteiger partial charge on any atom is -0.0606 e. The summed E-state index contributed by atoms with van der Waals surface area (Å²) in [5.41, 5.74) is 2.50. The van der Waals surface area contributed by atoms with Crippen molar-refractivity contribution in [3.05, 3.63) is 54.1 Å². The third kappa shape index (κ3) is 2.94. The van der Waals surface area contributed by atoms with Crippen LogP contribution in [0.3, 0.4) is 0 Å². The molecule has 1 radical (unpaired) electrons. The topological polar surface area (TPSA) is 0 Å². The van der Waals surface area contributed by atoms with Crippen molar-refractivity contribution in [1.82, 2.24) is 0 Å². The van der Waals surface area contributed by atoms with Crippen LogP contribution < -0.4 is 0 Å². The summed E-state index contributed by atoms with van der Waals surface area (Å²) in [6.07, 6.45) is 0. The van der Waals surface area contributed by atoms with Gasteiger partial charge in [-0.05, 0) is 86.6 Å². The molecule has 0 nitrogen and oxygen atoms in total. The van der Waals surface area contributed by atoms with Gasteiger partial charge in [-0.2, -0.15) is 0 Å². The minimum atomic E-state index is 0.997. The van der Waals surface area contributed by atoms with Crippen LogP contribution in [0, 0.1) is 13.2 Å². The first-order chi connectivity index (χ1) is 7.16. The van der Waals surface area contributed by atoms with Crippen molar-refractivity contribution in [2.24, 2.45) is 0 Å². The zero-order valence-electron chi connectivity index (χ0n) is 7.60. The Bertz CT molecular complexity index is 495. The molecule has 0 aliphatic carbocycles. The van der Waals surface area contributed by atoms with Crippen molar-refractivity contribution >= 4 is 61.1 Å². The molecule has 15 heavy (non-hydrogen) atoms. The second kappa shape index (κ2) is 5.14. The Morgan fingerprint density at radius 1 is 1.13 bits per heavy atom. The number of hydrogen-bond donors (Lipinski definition) is 0. The van der Waals surface area contributed by atoms with Crippen LogP contribution in [-0.2, 0) is 0 Å². The van der Waals surface area contributed by atoms with Gasteiger partial charge in [-0.25, -0.2) is 0 Å². The molecule has 0 atom stereocenters. The molecule has 0 spiro atoms. The lowest BCUT2D eigenvalue weighted by molar-refractivity contribution is 1.53. The number of halogens is 3. The lowest BCUT2D eigenvalue weighted by Crippen LogP contribution is -1.84. The molecule has 2 aromatic rings. The Balaban J connectivity index is 2.58. The molecule has 0 saturated carbocycles. The molecule has 0 heterocycles. The fourth-order valence-corrected chi connectivity index (χ4v) is 2.83. The van der Waals surface area contributed by atoms with E-state index in [1.54, 1.807) is 0 Å². The van der Waals surface area contributed by atoms with Crippen LogP contribution in [0.25, 0.3) is 11.1 Å². The van der Waals surface area contributed by atoms with Gasteiger partial charge in [0.05, 0.1) is 0 Å². The lowest BCUT2D eigenvalue weighted by Gasteiger charge is -2.05. The summed E-state index contributed by atoms with van der Waals surface area (Å²) in [7, 11) is 0. The largest absolute Gasteiger partial charge is 0.0606 e. The second-order valence-corrected chi connectivity index (χ2v) is 6.32. The van der Waals surface area contributed by atoms with Gasteiger partial charge in [-0.1, -0.05) is 28.1 Å². The van der Waals surface area contributed by atoms with Gasteiger partial charge in [0, 0.05) is 11.6 Å². The average molecular weight is 484 g/mol. The van der Waals surface area contributed by atoms with E-state index in [1.807, 2.05) is 6.07 Å². The highest BCUT2D eigenvalue weighted by atomic mass is 127. The van der Waals surface area contributed by atoms with Gasteiger partial charge >= 0.3 is 0 Å². The maximum Gasteiger partial charge on any atom is 0.0261 e. The smallest absolute Gasteiger partial charge is 0.0261 e. The third-order valence-electron chi connectivity index (χ3n) is 2.00. The van der Waals surface area contributed by atoms with Gasteiger partial charge in [-0.3, -0.25) is 0 Å². The zero-order valence-corrected chi connectivity index (χ0v) is 13.5. The molecule has 3 heteroatoms. The van der Waals surface area contributed by atoms with Crippen molar-refractivity contribution in [2.45, 2.75) is 0 Å². The van der Waals surface area contributed by atoms with E-state index < -0.39 is 0 Å². The molecule has 0 aliphatic heterocycles. The summed E-state index contributed by atoms with van der Waals surface area (Å²) in [5.74, 6) is 0. The van der Waals surface area contributed by atoms with E-state index in [1.165, 1.54) is 18.3 Å². The van der Waals surface area contributed by atoms with Crippen LogP contribution in [0.1, 0.15) is 0 Å². The summed E-state index contributed by atoms with van der Waals surface area (Å²) >= 11 is 8.12. The van der Waals surface area contributed by atoms with Crippen molar-refractivity contribution < 1.29 is 0 Å². The molecule has 0 aliphatic rings. The van der Waals surface area contributed by atoms with Crippen LogP contribution in [0.15, 0.2) is 40.9 Å². The highest BCUT2D eigenvalue weighted by Crippen LogP contribution is 2.28. The molecule has 0 fully saturated rings. The van der Waals surface area contributed by atoms with Crippen molar-refractivity contribution in [2.75, 3.05) is 0 Å². The summed E-state index contributed by atoms with van der Waals surface area (Å²) in [6.45, 7) is 0. The normalized spacial score (nSPS) is 10.3. The standard InChI is InChI=1S/C12H6BrI2/c13-9-4-5-12(15)11(7-9)8-2-1-3-10(14)6-8/h1-3,5-7H. The van der Waals surface area contributed by atoms with Gasteiger partial charge < -0.3 is 0 Å². The predicted molar refractivity (Wildman–Crippen MR) is 83.8 cm³/mol. The molecule has 2 rings (SSSR count). The maximum atomic E-state index is 3.45. The van der Waals surface area contributed by atoms with E-state index in [2.05, 4.69) is 97.5 Å². The molecule has 75 valence electrons. The zero-order chi connectivity index (χ0) is 10.8. The molecule has 0 N–H and O–H groups in total. The van der Waals surface area contributed by atoms with Crippen molar-refractivity contribution in [1.29, 1.82) is 0 Å². The summed E-state index contributed by atoms with van der Waals surface area (Å²) in [6, 6.07) is 15.7. The fourth-order valence-electron chi connectivity index (χ4n) is 1.32. The number of hydrogen-bond acceptors (Lipinski definition) is 0. The van der Waals surface area contributed by atoms with E-state index in [4.69, 9.17) is 0 Å². The van der Waals surface area contributed by atoms with Crippen LogP contribution in [0.5, 0.6) is 0 Å². The SMILES string of the molecule is Brc1[c]cc(I)c(-c2cccc(I)c2)c1. The third-order valence-corrected chi connectivity index (χ3v) is 4.02. The van der Waals surface area contributed by atoms with Crippen LogP contribution in [0.4, 0.5) is 0 Å². The first-order valence-electron chi connectivity index (χ1n) is 4.29. The first-order valence-corrected chi connectivity index (χ1v) is 7.24. The molecule has 2 aromatic carbocycles. The van der Waals surface area contributed by atoms with Crippen molar-refractivity contribution in [3.63, 3.8) is 0 Å². The lowest BCUT2D eigenvalue weighted by atomic mass is 10.1. The van der Waals surface area contributed by atoms with E-state index >= 15 is 0 Å². The summed E-state index contributed by atoms with van der Waals surface area (Å²) < 4.78 is 3.47. The monoisotopic (exact) mass is 483 g/mol. The molecular formula is C12H6BrI2. The molecule has 0 bridgehead atoms. The average Bonchev–Trinajstić information content (AvgIpc) is 2.22. The fraction of sp³-hybridized carbons (Fsp3) is 0. The Kier molecular flexibility index (Phi) is 4.06. The Morgan fingerprint density at radius 2 is 1.93 bits per heavy atom. The second-order valence-electron chi connectivity index (χ2n) is 3.05. The Morgan fingerprint density at radius 3 is 2.67 bits per heavy atom. The molecule has 0 saturated heterocycles. The van der Waals surface area contributed by atoms with Crippen LogP contribution in [-0.4, -0.2) is 0 Å². The maximum absolute atomic E-state index is 3.45. The first kappa shape index (κ1) is 11.9. The van der Waals surface area contributed by atoms with E-state index in [9.17, 15) is 0 Å². The van der Waals surface area contributed by atoms with Gasteiger partial charge in [0.25, 0.3) is 0 Å². The molecule has 0 aromatic heterocycles. The van der Waals surface area contributed by atoms with Crippen LogP contribution >= 0.6 is 61.1 Å². The predicted octanol–water partition coefficient (Wildman–Crippen LogP) is 5.13. The Hall–Kier alpha value is 0.380. The molecular weight excluding hydrogens is 478 g/mol. The Labute approximate surface area is 125 Å². The van der Waals surface area contributed by atoms with Gasteiger partial charge in [0.1, 0.15) is 0 Å².